The summed E-state index contributed by atoms with van der Waals surface area (Å²) in [5, 5.41) is 3.48. The fourth-order valence-electron chi connectivity index (χ4n) is 3.21. The van der Waals surface area contributed by atoms with E-state index in [4.69, 9.17) is 4.74 Å². The highest BCUT2D eigenvalue weighted by Crippen LogP contribution is 2.43. The van der Waals surface area contributed by atoms with Crippen molar-refractivity contribution in [3.8, 4) is 0 Å². The molecule has 13 heavy (non-hydrogen) atoms. The topological polar surface area (TPSA) is 21.3 Å². The second-order valence-electron chi connectivity index (χ2n) is 4.72. The molecule has 1 saturated carbocycles. The Morgan fingerprint density at radius 3 is 2.38 bits per heavy atom. The minimum Gasteiger partial charge on any atom is -0.378 e. The van der Waals surface area contributed by atoms with Crippen LogP contribution in [0.4, 0.5) is 0 Å². The Kier molecular flexibility index (Phi) is 2.61. The molecule has 2 heteroatoms. The first-order valence-electron chi connectivity index (χ1n) is 5.54. The van der Waals surface area contributed by atoms with Crippen LogP contribution in [0.25, 0.3) is 0 Å². The van der Waals surface area contributed by atoms with Crippen LogP contribution in [0.15, 0.2) is 0 Å². The molecule has 0 aromatic heterocycles. The highest BCUT2D eigenvalue weighted by Gasteiger charge is 2.45. The maximum Gasteiger partial charge on any atom is 0.0721 e. The summed E-state index contributed by atoms with van der Waals surface area (Å²) in [5.74, 6) is 1.54. The van der Waals surface area contributed by atoms with Crippen LogP contribution < -0.4 is 5.32 Å². The highest BCUT2D eigenvalue weighted by atomic mass is 16.5. The van der Waals surface area contributed by atoms with Gasteiger partial charge in [-0.3, -0.25) is 0 Å². The maximum atomic E-state index is 5.81. The van der Waals surface area contributed by atoms with E-state index in [-0.39, 0.29) is 5.60 Å². The molecular formula is C11H21NO. The lowest BCUT2D eigenvalue weighted by molar-refractivity contribution is -0.0581. The lowest BCUT2D eigenvalue weighted by Gasteiger charge is -2.36. The molecular weight excluding hydrogens is 162 g/mol. The molecule has 0 amide bonds. The van der Waals surface area contributed by atoms with Gasteiger partial charge >= 0.3 is 0 Å². The largest absolute Gasteiger partial charge is 0.378 e. The molecule has 0 aromatic rings. The Labute approximate surface area is 81.0 Å². The SMILES string of the molecule is COC1(C2CNCC2C)CCCC1. The zero-order valence-corrected chi connectivity index (χ0v) is 8.81. The van der Waals surface area contributed by atoms with Gasteiger partial charge in [-0.25, -0.2) is 0 Å². The molecule has 1 aliphatic carbocycles. The fourth-order valence-corrected chi connectivity index (χ4v) is 3.21. The summed E-state index contributed by atoms with van der Waals surface area (Å²) < 4.78 is 5.81. The lowest BCUT2D eigenvalue weighted by atomic mass is 9.79. The number of nitrogens with one attached hydrogen (secondary N) is 1. The Hall–Kier alpha value is -0.0800. The summed E-state index contributed by atoms with van der Waals surface area (Å²) in [6.07, 6.45) is 5.27. The van der Waals surface area contributed by atoms with Crippen molar-refractivity contribution >= 4 is 0 Å². The van der Waals surface area contributed by atoms with E-state index in [0.717, 1.165) is 18.4 Å². The lowest BCUT2D eigenvalue weighted by Crippen LogP contribution is -2.40. The van der Waals surface area contributed by atoms with Gasteiger partial charge in [0.05, 0.1) is 5.60 Å². The monoisotopic (exact) mass is 183 g/mol. The third kappa shape index (κ3) is 1.50. The molecule has 2 rings (SSSR count). The Morgan fingerprint density at radius 2 is 1.92 bits per heavy atom. The molecule has 0 spiro atoms. The van der Waals surface area contributed by atoms with E-state index in [2.05, 4.69) is 12.2 Å². The minimum absolute atomic E-state index is 0.225. The molecule has 0 aromatic carbocycles. The number of hydrogen-bond donors (Lipinski definition) is 1. The van der Waals surface area contributed by atoms with Crippen LogP contribution in [-0.2, 0) is 4.74 Å². The summed E-state index contributed by atoms with van der Waals surface area (Å²) in [6, 6.07) is 0. The van der Waals surface area contributed by atoms with E-state index in [1.807, 2.05) is 7.11 Å². The highest BCUT2D eigenvalue weighted by molar-refractivity contribution is 4.98. The number of methoxy groups -OCH3 is 1. The van der Waals surface area contributed by atoms with Crippen LogP contribution in [0.3, 0.4) is 0 Å². The summed E-state index contributed by atoms with van der Waals surface area (Å²) in [5.41, 5.74) is 0.225. The normalized spacial score (nSPS) is 38.3. The van der Waals surface area contributed by atoms with Gasteiger partial charge in [0.2, 0.25) is 0 Å². The molecule has 1 aliphatic heterocycles. The number of rotatable bonds is 2. The Balaban J connectivity index is 2.10. The van der Waals surface area contributed by atoms with Crippen molar-refractivity contribution in [3.05, 3.63) is 0 Å². The molecule has 1 saturated heterocycles. The second kappa shape index (κ2) is 3.58. The van der Waals surface area contributed by atoms with Crippen LogP contribution >= 0.6 is 0 Å². The average Bonchev–Trinajstić information content (AvgIpc) is 2.73. The standard InChI is InChI=1S/C11H21NO/c1-9-7-12-8-10(9)11(13-2)5-3-4-6-11/h9-10,12H,3-8H2,1-2H3. The summed E-state index contributed by atoms with van der Waals surface area (Å²) >= 11 is 0. The average molecular weight is 183 g/mol. The van der Waals surface area contributed by atoms with Crippen LogP contribution in [0.5, 0.6) is 0 Å². The summed E-state index contributed by atoms with van der Waals surface area (Å²) in [7, 11) is 1.90. The van der Waals surface area contributed by atoms with E-state index in [1.165, 1.54) is 32.2 Å². The third-order valence-corrected chi connectivity index (χ3v) is 4.05. The van der Waals surface area contributed by atoms with E-state index >= 15 is 0 Å². The number of ether oxygens (including phenoxy) is 1. The molecule has 0 bridgehead atoms. The molecule has 1 N–H and O–H groups in total. The first-order chi connectivity index (χ1) is 6.28. The van der Waals surface area contributed by atoms with E-state index in [9.17, 15) is 0 Å². The van der Waals surface area contributed by atoms with Gasteiger partial charge < -0.3 is 10.1 Å². The van der Waals surface area contributed by atoms with Gasteiger partial charge in [0.15, 0.2) is 0 Å². The molecule has 2 aliphatic rings. The van der Waals surface area contributed by atoms with Crippen molar-refractivity contribution in [1.29, 1.82) is 0 Å². The van der Waals surface area contributed by atoms with Gasteiger partial charge in [0.25, 0.3) is 0 Å². The van der Waals surface area contributed by atoms with Gasteiger partial charge in [0.1, 0.15) is 0 Å². The van der Waals surface area contributed by atoms with Crippen LogP contribution in [0.1, 0.15) is 32.6 Å². The van der Waals surface area contributed by atoms with E-state index in [0.29, 0.717) is 0 Å². The zero-order valence-electron chi connectivity index (χ0n) is 8.81. The predicted octanol–water partition coefficient (Wildman–Crippen LogP) is 1.80. The zero-order chi connectivity index (χ0) is 9.31. The molecule has 2 nitrogen and oxygen atoms in total. The molecule has 76 valence electrons. The molecule has 2 unspecified atom stereocenters. The fraction of sp³-hybridized carbons (Fsp3) is 1.00. The first kappa shape index (κ1) is 9.47. The van der Waals surface area contributed by atoms with Gasteiger partial charge in [-0.2, -0.15) is 0 Å². The molecule has 1 heterocycles. The maximum absolute atomic E-state index is 5.81. The molecule has 2 fully saturated rings. The van der Waals surface area contributed by atoms with Crippen LogP contribution in [0, 0.1) is 11.8 Å². The van der Waals surface area contributed by atoms with E-state index in [1.54, 1.807) is 0 Å². The van der Waals surface area contributed by atoms with Crippen LogP contribution in [-0.4, -0.2) is 25.8 Å². The number of hydrogen-bond acceptors (Lipinski definition) is 2. The van der Waals surface area contributed by atoms with Gasteiger partial charge in [-0.05, 0) is 25.3 Å². The van der Waals surface area contributed by atoms with Crippen molar-refractivity contribution < 1.29 is 4.74 Å². The van der Waals surface area contributed by atoms with Gasteiger partial charge in [-0.1, -0.05) is 19.8 Å². The van der Waals surface area contributed by atoms with Crippen molar-refractivity contribution in [2.45, 2.75) is 38.2 Å². The summed E-state index contributed by atoms with van der Waals surface area (Å²) in [6.45, 7) is 4.69. The van der Waals surface area contributed by atoms with Crippen molar-refractivity contribution in [3.63, 3.8) is 0 Å². The van der Waals surface area contributed by atoms with Gasteiger partial charge in [-0.15, -0.1) is 0 Å². The molecule has 2 atom stereocenters. The van der Waals surface area contributed by atoms with Crippen molar-refractivity contribution in [2.75, 3.05) is 20.2 Å². The quantitative estimate of drug-likeness (QED) is 0.705. The second-order valence-corrected chi connectivity index (χ2v) is 4.72. The van der Waals surface area contributed by atoms with Crippen LogP contribution in [0.2, 0.25) is 0 Å². The van der Waals surface area contributed by atoms with Crippen molar-refractivity contribution in [1.82, 2.24) is 5.32 Å². The molecule has 0 radical (unpaired) electrons. The Morgan fingerprint density at radius 1 is 1.23 bits per heavy atom. The van der Waals surface area contributed by atoms with E-state index < -0.39 is 0 Å². The van der Waals surface area contributed by atoms with Crippen molar-refractivity contribution in [2.24, 2.45) is 11.8 Å². The van der Waals surface area contributed by atoms with Gasteiger partial charge in [0, 0.05) is 19.6 Å². The smallest absolute Gasteiger partial charge is 0.0721 e. The summed E-state index contributed by atoms with van der Waals surface area (Å²) in [4.78, 5) is 0. The predicted molar refractivity (Wildman–Crippen MR) is 53.7 cm³/mol. The Bertz CT molecular complexity index is 175. The minimum atomic E-state index is 0.225. The first-order valence-corrected chi connectivity index (χ1v) is 5.54. The third-order valence-electron chi connectivity index (χ3n) is 4.05.